The van der Waals surface area contributed by atoms with Gasteiger partial charge in [-0.25, -0.2) is 0 Å². The van der Waals surface area contributed by atoms with E-state index in [1.165, 1.54) is 39.0 Å². The lowest BCUT2D eigenvalue weighted by Gasteiger charge is -2.12. The quantitative estimate of drug-likeness (QED) is 0.576. The molecule has 0 radical (unpaired) electrons. The average molecular weight is 185 g/mol. The molecule has 0 aromatic carbocycles. The molecular formula is C10H23N3. The molecule has 0 saturated carbocycles. The lowest BCUT2D eigenvalue weighted by Crippen LogP contribution is -2.27. The van der Waals surface area contributed by atoms with Crippen LogP contribution in [0.2, 0.25) is 0 Å². The standard InChI is InChI=1S/C10H23N3/c1-13(2)7-3-5-11-8-10-4-6-12-9-10/h10-12H,3-9H2,1-2H3. The van der Waals surface area contributed by atoms with Gasteiger partial charge in [-0.2, -0.15) is 0 Å². The third-order valence-electron chi connectivity index (χ3n) is 2.55. The maximum Gasteiger partial charge on any atom is -0.000789 e. The zero-order valence-electron chi connectivity index (χ0n) is 8.97. The van der Waals surface area contributed by atoms with E-state index in [4.69, 9.17) is 0 Å². The monoisotopic (exact) mass is 185 g/mol. The maximum atomic E-state index is 3.52. The number of nitrogens with zero attached hydrogens (tertiary/aromatic N) is 1. The van der Waals surface area contributed by atoms with Crippen molar-refractivity contribution in [1.29, 1.82) is 0 Å². The largest absolute Gasteiger partial charge is 0.316 e. The van der Waals surface area contributed by atoms with Crippen LogP contribution in [0, 0.1) is 5.92 Å². The maximum absolute atomic E-state index is 3.52. The molecule has 0 aliphatic carbocycles. The van der Waals surface area contributed by atoms with E-state index in [9.17, 15) is 0 Å². The predicted molar refractivity (Wildman–Crippen MR) is 57.0 cm³/mol. The van der Waals surface area contributed by atoms with E-state index in [1.807, 2.05) is 0 Å². The predicted octanol–water partition coefficient (Wildman–Crippen LogP) is 0.137. The Balaban J connectivity index is 1.83. The summed E-state index contributed by atoms with van der Waals surface area (Å²) in [5.74, 6) is 0.874. The first-order valence-corrected chi connectivity index (χ1v) is 5.35. The van der Waals surface area contributed by atoms with Crippen molar-refractivity contribution in [2.75, 3.05) is 46.8 Å². The fourth-order valence-corrected chi connectivity index (χ4v) is 1.72. The van der Waals surface area contributed by atoms with Crippen molar-refractivity contribution in [3.8, 4) is 0 Å². The van der Waals surface area contributed by atoms with Gasteiger partial charge in [0.15, 0.2) is 0 Å². The van der Waals surface area contributed by atoms with Gasteiger partial charge in [0, 0.05) is 0 Å². The van der Waals surface area contributed by atoms with Gasteiger partial charge in [-0.05, 0) is 65.6 Å². The summed E-state index contributed by atoms with van der Waals surface area (Å²) < 4.78 is 0. The summed E-state index contributed by atoms with van der Waals surface area (Å²) in [7, 11) is 4.25. The van der Waals surface area contributed by atoms with E-state index in [-0.39, 0.29) is 0 Å². The minimum absolute atomic E-state index is 0.874. The van der Waals surface area contributed by atoms with Crippen LogP contribution in [-0.2, 0) is 0 Å². The Morgan fingerprint density at radius 1 is 1.46 bits per heavy atom. The molecule has 1 aliphatic rings. The minimum atomic E-state index is 0.874. The molecule has 0 bridgehead atoms. The van der Waals surface area contributed by atoms with Crippen LogP contribution in [0.5, 0.6) is 0 Å². The molecule has 78 valence electrons. The van der Waals surface area contributed by atoms with Crippen LogP contribution in [-0.4, -0.2) is 51.7 Å². The molecule has 0 aromatic heterocycles. The molecule has 0 spiro atoms. The number of hydrogen-bond donors (Lipinski definition) is 2. The molecule has 0 aromatic rings. The molecule has 13 heavy (non-hydrogen) atoms. The van der Waals surface area contributed by atoms with Gasteiger partial charge in [0.1, 0.15) is 0 Å². The van der Waals surface area contributed by atoms with E-state index < -0.39 is 0 Å². The summed E-state index contributed by atoms with van der Waals surface area (Å²) in [5.41, 5.74) is 0. The van der Waals surface area contributed by atoms with Crippen LogP contribution >= 0.6 is 0 Å². The lowest BCUT2D eigenvalue weighted by molar-refractivity contribution is 0.389. The van der Waals surface area contributed by atoms with Crippen molar-refractivity contribution in [2.24, 2.45) is 5.92 Å². The molecule has 3 heteroatoms. The summed E-state index contributed by atoms with van der Waals surface area (Å²) in [6.45, 7) is 5.97. The third kappa shape index (κ3) is 5.24. The van der Waals surface area contributed by atoms with Crippen molar-refractivity contribution < 1.29 is 0 Å². The van der Waals surface area contributed by atoms with Crippen molar-refractivity contribution >= 4 is 0 Å². The zero-order chi connectivity index (χ0) is 9.52. The molecule has 1 fully saturated rings. The van der Waals surface area contributed by atoms with Crippen molar-refractivity contribution in [3.05, 3.63) is 0 Å². The fraction of sp³-hybridized carbons (Fsp3) is 1.00. The fourth-order valence-electron chi connectivity index (χ4n) is 1.72. The molecule has 1 unspecified atom stereocenters. The van der Waals surface area contributed by atoms with Gasteiger partial charge < -0.3 is 15.5 Å². The zero-order valence-corrected chi connectivity index (χ0v) is 8.97. The van der Waals surface area contributed by atoms with Crippen molar-refractivity contribution in [1.82, 2.24) is 15.5 Å². The van der Waals surface area contributed by atoms with Gasteiger partial charge in [0.2, 0.25) is 0 Å². The molecule has 1 aliphatic heterocycles. The Bertz CT molecular complexity index is 119. The first kappa shape index (κ1) is 11.0. The lowest BCUT2D eigenvalue weighted by atomic mass is 10.1. The van der Waals surface area contributed by atoms with Gasteiger partial charge >= 0.3 is 0 Å². The molecule has 1 saturated heterocycles. The Morgan fingerprint density at radius 3 is 2.92 bits per heavy atom. The van der Waals surface area contributed by atoms with Crippen LogP contribution in [0.15, 0.2) is 0 Å². The van der Waals surface area contributed by atoms with E-state index in [1.54, 1.807) is 0 Å². The molecule has 2 N–H and O–H groups in total. The highest BCUT2D eigenvalue weighted by Crippen LogP contribution is 2.04. The van der Waals surface area contributed by atoms with Crippen LogP contribution in [0.4, 0.5) is 0 Å². The Morgan fingerprint density at radius 2 is 2.31 bits per heavy atom. The van der Waals surface area contributed by atoms with E-state index in [2.05, 4.69) is 29.6 Å². The molecule has 0 amide bonds. The van der Waals surface area contributed by atoms with Gasteiger partial charge in [0.25, 0.3) is 0 Å². The van der Waals surface area contributed by atoms with Crippen molar-refractivity contribution in [3.63, 3.8) is 0 Å². The summed E-state index contributed by atoms with van der Waals surface area (Å²) in [5, 5.41) is 6.90. The highest BCUT2D eigenvalue weighted by molar-refractivity contribution is 4.72. The molecule has 1 atom stereocenters. The van der Waals surface area contributed by atoms with Gasteiger partial charge in [-0.1, -0.05) is 0 Å². The van der Waals surface area contributed by atoms with Crippen LogP contribution in [0.25, 0.3) is 0 Å². The van der Waals surface area contributed by atoms with Crippen LogP contribution in [0.1, 0.15) is 12.8 Å². The third-order valence-corrected chi connectivity index (χ3v) is 2.55. The summed E-state index contributed by atoms with van der Waals surface area (Å²) in [4.78, 5) is 2.23. The van der Waals surface area contributed by atoms with Gasteiger partial charge in [-0.3, -0.25) is 0 Å². The minimum Gasteiger partial charge on any atom is -0.316 e. The Labute approximate surface area is 81.9 Å². The highest BCUT2D eigenvalue weighted by atomic mass is 15.1. The smallest absolute Gasteiger partial charge is 0.000789 e. The molecular weight excluding hydrogens is 162 g/mol. The second-order valence-corrected chi connectivity index (χ2v) is 4.22. The first-order chi connectivity index (χ1) is 6.29. The number of hydrogen-bond acceptors (Lipinski definition) is 3. The van der Waals surface area contributed by atoms with E-state index >= 15 is 0 Å². The normalized spacial score (nSPS) is 22.8. The average Bonchev–Trinajstić information content (AvgIpc) is 2.55. The molecule has 3 nitrogen and oxygen atoms in total. The Kier molecular flexibility index (Phi) is 5.35. The topological polar surface area (TPSA) is 27.3 Å². The number of rotatable bonds is 6. The molecule has 1 heterocycles. The summed E-state index contributed by atoms with van der Waals surface area (Å²) in [6.07, 6.45) is 2.60. The summed E-state index contributed by atoms with van der Waals surface area (Å²) >= 11 is 0. The first-order valence-electron chi connectivity index (χ1n) is 5.35. The van der Waals surface area contributed by atoms with Gasteiger partial charge in [-0.15, -0.1) is 0 Å². The highest BCUT2D eigenvalue weighted by Gasteiger charge is 2.12. The van der Waals surface area contributed by atoms with Crippen molar-refractivity contribution in [2.45, 2.75) is 12.8 Å². The SMILES string of the molecule is CN(C)CCCNCC1CCNC1. The van der Waals surface area contributed by atoms with Gasteiger partial charge in [0.05, 0.1) is 0 Å². The second-order valence-electron chi connectivity index (χ2n) is 4.22. The van der Waals surface area contributed by atoms with E-state index in [0.29, 0.717) is 0 Å². The second kappa shape index (κ2) is 6.35. The van der Waals surface area contributed by atoms with Crippen LogP contribution in [0.3, 0.4) is 0 Å². The summed E-state index contributed by atoms with van der Waals surface area (Å²) in [6, 6.07) is 0. The number of nitrogens with one attached hydrogen (secondary N) is 2. The van der Waals surface area contributed by atoms with Crippen LogP contribution < -0.4 is 10.6 Å². The van der Waals surface area contributed by atoms with E-state index in [0.717, 1.165) is 12.5 Å². The Hall–Kier alpha value is -0.120. The molecule has 1 rings (SSSR count).